The van der Waals surface area contributed by atoms with Crippen LogP contribution in [0.1, 0.15) is 29.3 Å². The highest BCUT2D eigenvalue weighted by Gasteiger charge is 2.74. The van der Waals surface area contributed by atoms with Crippen LogP contribution in [0.15, 0.2) is 29.5 Å². The number of phenols is 1. The molecule has 1 amide bonds. The standard InChI is InChI=1S/C22H24N2O9/c1-20(31)8-5-4-6-10(25)12(8)16(27)22(33)11(20)7-9-14(24(2)3)15(26)13(18(23)29)17(28)21(9,32)19(22)30/h4-6,9,11,14,25,28,31-33H,7H2,1-3H3,(H2,23,29)/t9-,11+,14-,20+,21+,22-/m0/s1. The maximum atomic E-state index is 13.7. The lowest BCUT2D eigenvalue weighted by atomic mass is 9.49. The highest BCUT2D eigenvalue weighted by Crippen LogP contribution is 2.57. The normalized spacial score (nSPS) is 38.2. The monoisotopic (exact) mass is 460 g/mol. The van der Waals surface area contributed by atoms with Crippen LogP contribution < -0.4 is 15.7 Å². The van der Waals surface area contributed by atoms with Gasteiger partial charge in [0.15, 0.2) is 11.6 Å². The number of Topliss-reactive ketones (excluding diaryl/α,β-unsaturated/α-hetero) is 3. The summed E-state index contributed by atoms with van der Waals surface area (Å²) in [7, 11) is 3.00. The summed E-state index contributed by atoms with van der Waals surface area (Å²) in [6, 6.07) is 2.54. The van der Waals surface area contributed by atoms with Crippen molar-refractivity contribution in [1.29, 1.82) is 0 Å². The number of quaternary nitrogens is 1. The van der Waals surface area contributed by atoms with Gasteiger partial charge in [0.25, 0.3) is 5.91 Å². The van der Waals surface area contributed by atoms with Gasteiger partial charge in [-0.05, 0) is 25.0 Å². The molecule has 0 aliphatic heterocycles. The highest BCUT2D eigenvalue weighted by atomic mass is 16.4. The Balaban J connectivity index is 2.05. The number of aromatic hydroxyl groups is 1. The van der Waals surface area contributed by atoms with Crippen LogP contribution in [0.3, 0.4) is 0 Å². The van der Waals surface area contributed by atoms with Gasteiger partial charge in [-0.3, -0.25) is 19.2 Å². The Morgan fingerprint density at radius 2 is 1.76 bits per heavy atom. The summed E-state index contributed by atoms with van der Waals surface area (Å²) in [6.07, 6.45) is -0.494. The van der Waals surface area contributed by atoms with E-state index in [2.05, 4.69) is 0 Å². The van der Waals surface area contributed by atoms with E-state index in [1.807, 2.05) is 0 Å². The molecule has 0 aromatic heterocycles. The van der Waals surface area contributed by atoms with Crippen molar-refractivity contribution < 1.29 is 49.6 Å². The molecule has 1 aromatic rings. The summed E-state index contributed by atoms with van der Waals surface area (Å²) in [5, 5.41) is 57.7. The van der Waals surface area contributed by atoms with Gasteiger partial charge in [-0.1, -0.05) is 17.9 Å². The van der Waals surface area contributed by atoms with E-state index >= 15 is 0 Å². The predicted octanol–water partition coefficient (Wildman–Crippen LogP) is -4.34. The Bertz CT molecular complexity index is 1170. The van der Waals surface area contributed by atoms with E-state index < -0.39 is 87.0 Å². The molecule has 0 radical (unpaired) electrons. The van der Waals surface area contributed by atoms with E-state index in [4.69, 9.17) is 5.73 Å². The molecule has 1 saturated carbocycles. The lowest BCUT2D eigenvalue weighted by Gasteiger charge is -2.58. The van der Waals surface area contributed by atoms with Gasteiger partial charge in [0.2, 0.25) is 17.3 Å². The van der Waals surface area contributed by atoms with Gasteiger partial charge in [-0.25, -0.2) is 0 Å². The number of nitrogens with two attached hydrogens (primary N) is 1. The van der Waals surface area contributed by atoms with Gasteiger partial charge in [-0.2, -0.15) is 0 Å². The fraction of sp³-hybridized carbons (Fsp3) is 0.455. The first-order chi connectivity index (χ1) is 15.1. The van der Waals surface area contributed by atoms with E-state index in [1.54, 1.807) is 0 Å². The minimum Gasteiger partial charge on any atom is -0.873 e. The number of nitrogens with one attached hydrogen (secondary N) is 1. The van der Waals surface area contributed by atoms with Crippen LogP contribution in [0.4, 0.5) is 0 Å². The summed E-state index contributed by atoms with van der Waals surface area (Å²) < 4.78 is 0. The van der Waals surface area contributed by atoms with Gasteiger partial charge in [0.1, 0.15) is 11.4 Å². The third-order valence-electron chi connectivity index (χ3n) is 7.44. The number of phenolic OH excluding ortho intramolecular Hbond substituents is 1. The van der Waals surface area contributed by atoms with Gasteiger partial charge >= 0.3 is 0 Å². The summed E-state index contributed by atoms with van der Waals surface area (Å²) in [6.45, 7) is 1.23. The van der Waals surface area contributed by atoms with Crippen molar-refractivity contribution in [2.75, 3.05) is 14.1 Å². The van der Waals surface area contributed by atoms with Crippen molar-refractivity contribution in [3.8, 4) is 5.75 Å². The molecule has 33 heavy (non-hydrogen) atoms. The second kappa shape index (κ2) is 6.70. The number of benzene rings is 1. The molecular formula is C22H24N2O9. The SMILES string of the molecule is C[NH+](C)[C@@H]1C(=O)C(C(N)=O)=C([O-])[C@@]2(O)C(=O)[C@@]3(O)C(=O)c4c(O)cccc4[C@@](C)(O)[C@H]3C[C@@H]12. The molecule has 0 heterocycles. The molecule has 0 spiro atoms. The van der Waals surface area contributed by atoms with Crippen LogP contribution in [0.2, 0.25) is 0 Å². The third-order valence-corrected chi connectivity index (χ3v) is 7.44. The highest BCUT2D eigenvalue weighted by molar-refractivity contribution is 6.27. The molecule has 7 N–H and O–H groups in total. The second-order valence-electron chi connectivity index (χ2n) is 9.42. The molecule has 0 unspecified atom stereocenters. The molecular weight excluding hydrogens is 436 g/mol. The lowest BCUT2D eigenvalue weighted by molar-refractivity contribution is -0.881. The number of hydrogen-bond donors (Lipinski definition) is 6. The summed E-state index contributed by atoms with van der Waals surface area (Å²) in [5.41, 5.74) is -4.79. The first-order valence-corrected chi connectivity index (χ1v) is 10.3. The molecule has 176 valence electrons. The molecule has 3 aliphatic carbocycles. The van der Waals surface area contributed by atoms with Crippen molar-refractivity contribution in [2.45, 2.75) is 36.2 Å². The van der Waals surface area contributed by atoms with Crippen LogP contribution >= 0.6 is 0 Å². The quantitative estimate of drug-likeness (QED) is 0.186. The predicted molar refractivity (Wildman–Crippen MR) is 106 cm³/mol. The zero-order chi connectivity index (χ0) is 24.8. The number of carbonyl (C=O) groups is 4. The Morgan fingerprint density at radius 3 is 2.30 bits per heavy atom. The Kier molecular flexibility index (Phi) is 4.68. The molecule has 1 aromatic carbocycles. The average molecular weight is 460 g/mol. The zero-order valence-corrected chi connectivity index (χ0v) is 18.1. The summed E-state index contributed by atoms with van der Waals surface area (Å²) in [4.78, 5) is 52.3. The largest absolute Gasteiger partial charge is 0.873 e. The van der Waals surface area contributed by atoms with E-state index in [1.165, 1.54) is 33.2 Å². The first kappa shape index (κ1) is 23.1. The maximum Gasteiger partial charge on any atom is 0.251 e. The molecule has 11 nitrogen and oxygen atoms in total. The van der Waals surface area contributed by atoms with Crippen molar-refractivity contribution in [2.24, 2.45) is 17.6 Å². The van der Waals surface area contributed by atoms with Crippen molar-refractivity contribution in [1.82, 2.24) is 0 Å². The number of carbonyl (C=O) groups excluding carboxylic acids is 4. The number of amides is 1. The number of ketones is 3. The molecule has 0 bridgehead atoms. The molecule has 3 aliphatic rings. The number of fused-ring (bicyclic) bond motifs is 3. The molecule has 0 saturated heterocycles. The van der Waals surface area contributed by atoms with Crippen molar-refractivity contribution in [3.05, 3.63) is 40.7 Å². The number of likely N-dealkylation sites (N-methyl/N-ethyl adjacent to an activating group) is 1. The first-order valence-electron chi connectivity index (χ1n) is 10.3. The summed E-state index contributed by atoms with van der Waals surface area (Å²) >= 11 is 0. The Hall–Kier alpha value is -3.12. The van der Waals surface area contributed by atoms with Crippen LogP contribution in [0.5, 0.6) is 5.75 Å². The topological polar surface area (TPSA) is 203 Å². The van der Waals surface area contributed by atoms with Crippen LogP contribution in [0, 0.1) is 11.8 Å². The minimum absolute atomic E-state index is 0.0491. The summed E-state index contributed by atoms with van der Waals surface area (Å²) in [5.74, 6) is -10.6. The van der Waals surface area contributed by atoms with E-state index in [-0.39, 0.29) is 5.56 Å². The molecule has 1 fully saturated rings. The van der Waals surface area contributed by atoms with Crippen LogP contribution in [0.25, 0.3) is 0 Å². The van der Waals surface area contributed by atoms with Crippen LogP contribution in [-0.2, 0) is 20.0 Å². The fourth-order valence-corrected chi connectivity index (χ4v) is 5.88. The second-order valence-corrected chi connectivity index (χ2v) is 9.42. The van der Waals surface area contributed by atoms with Gasteiger partial charge < -0.3 is 36.2 Å². The van der Waals surface area contributed by atoms with Gasteiger partial charge in [0, 0.05) is 5.92 Å². The van der Waals surface area contributed by atoms with Gasteiger partial charge in [0.05, 0.1) is 36.8 Å². The number of rotatable bonds is 2. The number of aliphatic hydroxyl groups is 3. The maximum absolute atomic E-state index is 13.7. The van der Waals surface area contributed by atoms with E-state index in [0.29, 0.717) is 4.90 Å². The average Bonchev–Trinajstić information content (AvgIpc) is 2.71. The minimum atomic E-state index is -3.13. The Morgan fingerprint density at radius 1 is 1.15 bits per heavy atom. The molecule has 4 rings (SSSR count). The molecule has 6 atom stereocenters. The van der Waals surface area contributed by atoms with Gasteiger partial charge in [-0.15, -0.1) is 0 Å². The smallest absolute Gasteiger partial charge is 0.251 e. The third kappa shape index (κ3) is 2.53. The van der Waals surface area contributed by atoms with Crippen molar-refractivity contribution in [3.63, 3.8) is 0 Å². The van der Waals surface area contributed by atoms with Crippen molar-refractivity contribution >= 4 is 23.3 Å². The van der Waals surface area contributed by atoms with E-state index in [9.17, 15) is 44.7 Å². The fourth-order valence-electron chi connectivity index (χ4n) is 5.88. The zero-order valence-electron chi connectivity index (χ0n) is 18.1. The lowest BCUT2D eigenvalue weighted by Crippen LogP contribution is -3.13. The Labute approximate surface area is 187 Å². The number of primary amides is 1. The van der Waals surface area contributed by atoms with Crippen LogP contribution in [-0.4, -0.2) is 75.0 Å². The van der Waals surface area contributed by atoms with E-state index in [0.717, 1.165) is 6.07 Å². The number of hydrogen-bond acceptors (Lipinski definition) is 9. The molecule has 11 heteroatoms.